The van der Waals surface area contributed by atoms with E-state index in [-0.39, 0.29) is 12.4 Å². The number of rotatable bonds is 5. The van der Waals surface area contributed by atoms with Crippen molar-refractivity contribution in [3.63, 3.8) is 0 Å². The van der Waals surface area contributed by atoms with E-state index in [1.54, 1.807) is 0 Å². The van der Waals surface area contributed by atoms with Crippen LogP contribution in [0.3, 0.4) is 0 Å². The molecule has 0 aromatic carbocycles. The van der Waals surface area contributed by atoms with E-state index in [9.17, 15) is 0 Å². The normalized spacial score (nSPS) is 24.2. The van der Waals surface area contributed by atoms with Crippen molar-refractivity contribution >= 4 is 23.7 Å². The first-order chi connectivity index (χ1) is 8.88. The van der Waals surface area contributed by atoms with Gasteiger partial charge in [0.1, 0.15) is 0 Å². The van der Waals surface area contributed by atoms with Gasteiger partial charge in [0.05, 0.1) is 11.2 Å². The summed E-state index contributed by atoms with van der Waals surface area (Å²) in [6, 6.07) is 0.720. The summed E-state index contributed by atoms with van der Waals surface area (Å²) in [5.41, 5.74) is 3.45. The average Bonchev–Trinajstić information content (AvgIpc) is 3.13. The molecule has 1 aliphatic heterocycles. The number of hydrogen-bond donors (Lipinski definition) is 1. The second kappa shape index (κ2) is 7.02. The smallest absolute Gasteiger partial charge is 0.0798 e. The van der Waals surface area contributed by atoms with Crippen molar-refractivity contribution in [3.8, 4) is 0 Å². The Morgan fingerprint density at radius 1 is 1.47 bits per heavy atom. The molecule has 0 spiro atoms. The molecule has 0 amide bonds. The Balaban J connectivity index is 0.00000133. The zero-order valence-electron chi connectivity index (χ0n) is 11.6. The van der Waals surface area contributed by atoms with Gasteiger partial charge in [0.2, 0.25) is 0 Å². The fraction of sp³-hybridized carbons (Fsp3) is 0.786. The van der Waals surface area contributed by atoms with E-state index < -0.39 is 0 Å². The summed E-state index contributed by atoms with van der Waals surface area (Å²) in [6.45, 7) is 6.90. The minimum Gasteiger partial charge on any atom is -0.314 e. The second-order valence-corrected chi connectivity index (χ2v) is 6.49. The SMILES string of the molecule is CCCC1CNCCN1Cc1scnc1C1CC1.Cl. The first kappa shape index (κ1) is 15.2. The lowest BCUT2D eigenvalue weighted by atomic mass is 10.1. The van der Waals surface area contributed by atoms with E-state index in [0.717, 1.165) is 31.6 Å². The molecule has 0 bridgehead atoms. The van der Waals surface area contributed by atoms with Crippen molar-refractivity contribution in [2.45, 2.75) is 51.1 Å². The van der Waals surface area contributed by atoms with Crippen LogP contribution in [0.15, 0.2) is 5.51 Å². The number of piperazine rings is 1. The van der Waals surface area contributed by atoms with Crippen LogP contribution in [0.25, 0.3) is 0 Å². The Morgan fingerprint density at radius 3 is 3.05 bits per heavy atom. The molecule has 108 valence electrons. The molecule has 19 heavy (non-hydrogen) atoms. The van der Waals surface area contributed by atoms with Gasteiger partial charge in [0, 0.05) is 43.0 Å². The van der Waals surface area contributed by atoms with Gasteiger partial charge in [-0.25, -0.2) is 4.98 Å². The van der Waals surface area contributed by atoms with E-state index in [4.69, 9.17) is 0 Å². The Bertz CT molecular complexity index is 390. The molecule has 2 aliphatic rings. The molecule has 1 aromatic rings. The molecule has 0 radical (unpaired) electrons. The third kappa shape index (κ3) is 3.69. The standard InChI is InChI=1S/C14H23N3S.ClH/c1-2-3-12-8-15-6-7-17(12)9-13-14(11-4-5-11)16-10-18-13;/h10-12,15H,2-9H2,1H3;1H. The van der Waals surface area contributed by atoms with Crippen molar-refractivity contribution in [3.05, 3.63) is 16.1 Å². The maximum absolute atomic E-state index is 4.59. The maximum atomic E-state index is 4.59. The Kier molecular flexibility index (Phi) is 5.63. The van der Waals surface area contributed by atoms with Crippen molar-refractivity contribution < 1.29 is 0 Å². The van der Waals surface area contributed by atoms with Gasteiger partial charge < -0.3 is 5.32 Å². The van der Waals surface area contributed by atoms with Crippen molar-refractivity contribution in [2.75, 3.05) is 19.6 Å². The van der Waals surface area contributed by atoms with Crippen LogP contribution in [0.2, 0.25) is 0 Å². The third-order valence-corrected chi connectivity index (χ3v) is 4.91. The highest BCUT2D eigenvalue weighted by molar-refractivity contribution is 7.09. The number of halogens is 1. The van der Waals surface area contributed by atoms with E-state index in [2.05, 4.69) is 22.1 Å². The number of thiazole rings is 1. The van der Waals surface area contributed by atoms with Crippen LogP contribution in [0, 0.1) is 0 Å². The lowest BCUT2D eigenvalue weighted by molar-refractivity contribution is 0.145. The predicted octanol–water partition coefficient (Wildman–Crippen LogP) is 3.02. The summed E-state index contributed by atoms with van der Waals surface area (Å²) in [7, 11) is 0. The van der Waals surface area contributed by atoms with E-state index in [1.807, 2.05) is 16.8 Å². The summed E-state index contributed by atoms with van der Waals surface area (Å²) >= 11 is 1.86. The molecule has 1 unspecified atom stereocenters. The summed E-state index contributed by atoms with van der Waals surface area (Å²) in [5, 5.41) is 3.53. The second-order valence-electron chi connectivity index (χ2n) is 5.55. The molecule has 2 heterocycles. The molecule has 3 rings (SSSR count). The van der Waals surface area contributed by atoms with Gasteiger partial charge in [0.25, 0.3) is 0 Å². The molecule has 1 saturated carbocycles. The summed E-state index contributed by atoms with van der Waals surface area (Å²) in [4.78, 5) is 8.79. The highest BCUT2D eigenvalue weighted by Gasteiger charge is 2.30. The largest absolute Gasteiger partial charge is 0.314 e. The van der Waals surface area contributed by atoms with Gasteiger partial charge in [-0.1, -0.05) is 13.3 Å². The third-order valence-electron chi connectivity index (χ3n) is 4.08. The first-order valence-corrected chi connectivity index (χ1v) is 8.13. The summed E-state index contributed by atoms with van der Waals surface area (Å²) in [5.74, 6) is 0.791. The minimum atomic E-state index is 0. The van der Waals surface area contributed by atoms with Gasteiger partial charge in [-0.15, -0.1) is 23.7 Å². The van der Waals surface area contributed by atoms with Gasteiger partial charge >= 0.3 is 0 Å². The number of aromatic nitrogens is 1. The van der Waals surface area contributed by atoms with Gasteiger partial charge in [-0.05, 0) is 19.3 Å². The van der Waals surface area contributed by atoms with Gasteiger partial charge in [0.15, 0.2) is 0 Å². The minimum absolute atomic E-state index is 0. The monoisotopic (exact) mass is 301 g/mol. The predicted molar refractivity (Wildman–Crippen MR) is 83.3 cm³/mol. The van der Waals surface area contributed by atoms with Crippen molar-refractivity contribution in [1.29, 1.82) is 0 Å². The van der Waals surface area contributed by atoms with E-state index in [1.165, 1.54) is 42.8 Å². The van der Waals surface area contributed by atoms with Crippen LogP contribution in [-0.2, 0) is 6.54 Å². The maximum Gasteiger partial charge on any atom is 0.0798 e. The lowest BCUT2D eigenvalue weighted by Crippen LogP contribution is -2.50. The molecule has 1 atom stereocenters. The van der Waals surface area contributed by atoms with E-state index in [0.29, 0.717) is 0 Å². The fourth-order valence-corrected chi connectivity index (χ4v) is 3.77. The Labute approximate surface area is 126 Å². The van der Waals surface area contributed by atoms with Crippen LogP contribution in [0.5, 0.6) is 0 Å². The summed E-state index contributed by atoms with van der Waals surface area (Å²) in [6.07, 6.45) is 5.30. The number of nitrogens with one attached hydrogen (secondary N) is 1. The molecule has 1 saturated heterocycles. The molecule has 2 fully saturated rings. The highest BCUT2D eigenvalue weighted by Crippen LogP contribution is 2.42. The molecular formula is C14H24ClN3S. The highest BCUT2D eigenvalue weighted by atomic mass is 35.5. The molecule has 3 nitrogen and oxygen atoms in total. The van der Waals surface area contributed by atoms with Crippen LogP contribution in [0.4, 0.5) is 0 Å². The van der Waals surface area contributed by atoms with Crippen LogP contribution >= 0.6 is 23.7 Å². The lowest BCUT2D eigenvalue weighted by Gasteiger charge is -2.36. The van der Waals surface area contributed by atoms with Gasteiger partial charge in [-0.3, -0.25) is 4.90 Å². The fourth-order valence-electron chi connectivity index (χ4n) is 2.90. The van der Waals surface area contributed by atoms with Gasteiger partial charge in [-0.2, -0.15) is 0 Å². The van der Waals surface area contributed by atoms with Crippen LogP contribution in [-0.4, -0.2) is 35.6 Å². The zero-order chi connectivity index (χ0) is 12.4. The molecular weight excluding hydrogens is 278 g/mol. The summed E-state index contributed by atoms with van der Waals surface area (Å²) < 4.78 is 0. The van der Waals surface area contributed by atoms with Crippen molar-refractivity contribution in [2.24, 2.45) is 0 Å². The van der Waals surface area contributed by atoms with Crippen LogP contribution in [0.1, 0.15) is 49.1 Å². The van der Waals surface area contributed by atoms with Crippen molar-refractivity contribution in [1.82, 2.24) is 15.2 Å². The molecule has 1 aromatic heterocycles. The molecule has 1 aliphatic carbocycles. The quantitative estimate of drug-likeness (QED) is 0.906. The topological polar surface area (TPSA) is 28.2 Å². The molecule has 1 N–H and O–H groups in total. The molecule has 5 heteroatoms. The van der Waals surface area contributed by atoms with E-state index >= 15 is 0 Å². The first-order valence-electron chi connectivity index (χ1n) is 7.25. The van der Waals surface area contributed by atoms with Crippen LogP contribution < -0.4 is 5.32 Å². The zero-order valence-corrected chi connectivity index (χ0v) is 13.2. The average molecular weight is 302 g/mol. The number of nitrogens with zero attached hydrogens (tertiary/aromatic N) is 2. The number of hydrogen-bond acceptors (Lipinski definition) is 4. The Hall–Kier alpha value is -0.160. The Morgan fingerprint density at radius 2 is 2.32 bits per heavy atom.